The number of aliphatic carboxylic acids is 1. The molecular weight excluding hydrogens is 172 g/mol. The van der Waals surface area contributed by atoms with Crippen molar-refractivity contribution >= 4 is 18.5 Å². The largest absolute Gasteiger partial charge is 0.481 e. The van der Waals surface area contributed by atoms with Crippen LogP contribution < -0.4 is 0 Å². The average Bonchev–Trinajstić information content (AvgIpc) is 2.05. The molecule has 4 nitrogen and oxygen atoms in total. The van der Waals surface area contributed by atoms with E-state index in [1.807, 2.05) is 0 Å². The Balaban J connectivity index is 4.47. The predicted molar refractivity (Wildman–Crippen MR) is 46.2 cm³/mol. The van der Waals surface area contributed by atoms with Crippen LogP contribution in [0.1, 0.15) is 19.8 Å². The molecule has 0 unspecified atom stereocenters. The lowest BCUT2D eigenvalue weighted by Gasteiger charge is -2.10. The molecule has 13 heavy (non-hydrogen) atoms. The molecule has 0 aromatic heterocycles. The third-order valence-electron chi connectivity index (χ3n) is 1.74. The van der Waals surface area contributed by atoms with Gasteiger partial charge in [-0.2, -0.15) is 0 Å². The molecule has 0 radical (unpaired) electrons. The minimum Gasteiger partial charge on any atom is -0.481 e. The molecule has 0 rings (SSSR count). The van der Waals surface area contributed by atoms with Crippen molar-refractivity contribution in [2.24, 2.45) is 5.92 Å². The van der Waals surface area contributed by atoms with E-state index in [1.165, 1.54) is 6.08 Å². The first kappa shape index (κ1) is 11.6. The molecule has 0 aliphatic rings. The second-order valence-electron chi connectivity index (χ2n) is 2.60. The highest BCUT2D eigenvalue weighted by atomic mass is 16.4. The summed E-state index contributed by atoms with van der Waals surface area (Å²) < 4.78 is 0. The number of carboxylic acids is 1. The Kier molecular flexibility index (Phi) is 5.43. The molecule has 0 aromatic rings. The third kappa shape index (κ3) is 4.20. The normalized spacial score (nSPS) is 13.5. The monoisotopic (exact) mass is 184 g/mol. The summed E-state index contributed by atoms with van der Waals surface area (Å²) in [7, 11) is 0. The van der Waals surface area contributed by atoms with Gasteiger partial charge in [0, 0.05) is 12.3 Å². The number of allylic oxidation sites excluding steroid dienone is 2. The van der Waals surface area contributed by atoms with E-state index in [-0.39, 0.29) is 12.8 Å². The Morgan fingerprint density at radius 1 is 1.46 bits per heavy atom. The second kappa shape index (κ2) is 6.11. The van der Waals surface area contributed by atoms with Crippen molar-refractivity contribution in [1.82, 2.24) is 0 Å². The highest BCUT2D eigenvalue weighted by Crippen LogP contribution is 2.16. The van der Waals surface area contributed by atoms with Gasteiger partial charge in [0.15, 0.2) is 0 Å². The fraction of sp³-hybridized carbons (Fsp3) is 0.444. The Morgan fingerprint density at radius 2 is 2.08 bits per heavy atom. The van der Waals surface area contributed by atoms with Crippen LogP contribution >= 0.6 is 0 Å². The zero-order chi connectivity index (χ0) is 10.3. The first-order chi connectivity index (χ1) is 6.15. The minimum atomic E-state index is -1.01. The number of carboxylic acid groups (broad SMARTS) is 1. The highest BCUT2D eigenvalue weighted by Gasteiger charge is 2.16. The number of aldehydes is 2. The molecule has 0 saturated carbocycles. The molecule has 0 aliphatic heterocycles. The van der Waals surface area contributed by atoms with Crippen LogP contribution in [0.25, 0.3) is 0 Å². The van der Waals surface area contributed by atoms with E-state index in [0.717, 1.165) is 0 Å². The summed E-state index contributed by atoms with van der Waals surface area (Å²) in [4.78, 5) is 31.0. The van der Waals surface area contributed by atoms with Gasteiger partial charge in [0.05, 0.1) is 6.42 Å². The fourth-order valence-electron chi connectivity index (χ4n) is 1.06. The maximum Gasteiger partial charge on any atom is 0.303 e. The summed E-state index contributed by atoms with van der Waals surface area (Å²) >= 11 is 0. The number of rotatable bonds is 6. The van der Waals surface area contributed by atoms with E-state index in [2.05, 4.69) is 0 Å². The van der Waals surface area contributed by atoms with Crippen LogP contribution in [0.15, 0.2) is 11.6 Å². The van der Waals surface area contributed by atoms with Crippen molar-refractivity contribution in [1.29, 1.82) is 0 Å². The molecule has 0 aliphatic carbocycles. The summed E-state index contributed by atoms with van der Waals surface area (Å²) in [6, 6.07) is 0. The molecule has 0 spiro atoms. The second-order valence-corrected chi connectivity index (χ2v) is 2.60. The number of carbonyl (C=O) groups is 3. The standard InChI is InChI=1S/C9H12O4/c1-2-7(6-11)8(3-4-10)5-9(12)13/h2,4,6,8H,3,5H2,1H3,(H,12,13)/t8-/m0/s1. The van der Waals surface area contributed by atoms with Crippen molar-refractivity contribution in [3.05, 3.63) is 11.6 Å². The first-order valence-corrected chi connectivity index (χ1v) is 3.92. The van der Waals surface area contributed by atoms with Crippen LogP contribution in [0.4, 0.5) is 0 Å². The molecule has 0 heterocycles. The van der Waals surface area contributed by atoms with Crippen molar-refractivity contribution in [2.75, 3.05) is 0 Å². The number of carbonyl (C=O) groups excluding carboxylic acids is 2. The molecule has 72 valence electrons. The van der Waals surface area contributed by atoms with Crippen molar-refractivity contribution < 1.29 is 19.5 Å². The van der Waals surface area contributed by atoms with Crippen LogP contribution in [0.3, 0.4) is 0 Å². The van der Waals surface area contributed by atoms with Crippen molar-refractivity contribution in [2.45, 2.75) is 19.8 Å². The third-order valence-corrected chi connectivity index (χ3v) is 1.74. The zero-order valence-corrected chi connectivity index (χ0v) is 7.40. The van der Waals surface area contributed by atoms with Crippen molar-refractivity contribution in [3.63, 3.8) is 0 Å². The summed E-state index contributed by atoms with van der Waals surface area (Å²) in [5.74, 6) is -1.49. The van der Waals surface area contributed by atoms with E-state index in [1.54, 1.807) is 6.92 Å². The number of hydrogen-bond donors (Lipinski definition) is 1. The molecule has 4 heteroatoms. The number of hydrogen-bond acceptors (Lipinski definition) is 3. The van der Waals surface area contributed by atoms with Gasteiger partial charge in [-0.05, 0) is 12.5 Å². The molecule has 1 atom stereocenters. The molecule has 0 bridgehead atoms. The fourth-order valence-corrected chi connectivity index (χ4v) is 1.06. The molecular formula is C9H12O4. The summed E-state index contributed by atoms with van der Waals surface area (Å²) in [5, 5.41) is 8.49. The van der Waals surface area contributed by atoms with Gasteiger partial charge < -0.3 is 9.90 Å². The van der Waals surface area contributed by atoms with Gasteiger partial charge in [0.2, 0.25) is 0 Å². The van der Waals surface area contributed by atoms with Gasteiger partial charge in [-0.25, -0.2) is 0 Å². The molecule has 0 saturated heterocycles. The Bertz CT molecular complexity index is 230. The van der Waals surface area contributed by atoms with Crippen LogP contribution in [0.5, 0.6) is 0 Å². The zero-order valence-electron chi connectivity index (χ0n) is 7.40. The van der Waals surface area contributed by atoms with E-state index < -0.39 is 11.9 Å². The average molecular weight is 184 g/mol. The van der Waals surface area contributed by atoms with Crippen LogP contribution in [0, 0.1) is 5.92 Å². The van der Waals surface area contributed by atoms with Gasteiger partial charge in [-0.15, -0.1) is 0 Å². The molecule has 0 fully saturated rings. The SMILES string of the molecule is CC=C(C=O)[C@@H](CC=O)CC(=O)O. The first-order valence-electron chi connectivity index (χ1n) is 3.92. The molecule has 0 amide bonds. The summed E-state index contributed by atoms with van der Waals surface area (Å²) in [5.41, 5.74) is 0.370. The predicted octanol–water partition coefficient (Wildman–Crippen LogP) is 0.811. The lowest BCUT2D eigenvalue weighted by molar-refractivity contribution is -0.137. The van der Waals surface area contributed by atoms with Gasteiger partial charge in [0.25, 0.3) is 0 Å². The highest BCUT2D eigenvalue weighted by molar-refractivity contribution is 5.77. The van der Waals surface area contributed by atoms with Gasteiger partial charge in [-0.3, -0.25) is 9.59 Å². The van der Waals surface area contributed by atoms with Gasteiger partial charge >= 0.3 is 5.97 Å². The lowest BCUT2D eigenvalue weighted by Crippen LogP contribution is -2.12. The Morgan fingerprint density at radius 3 is 2.38 bits per heavy atom. The van der Waals surface area contributed by atoms with E-state index in [9.17, 15) is 14.4 Å². The summed E-state index contributed by atoms with van der Waals surface area (Å²) in [6.07, 6.45) is 2.64. The van der Waals surface area contributed by atoms with E-state index >= 15 is 0 Å². The lowest BCUT2D eigenvalue weighted by atomic mass is 9.93. The summed E-state index contributed by atoms with van der Waals surface area (Å²) in [6.45, 7) is 1.64. The van der Waals surface area contributed by atoms with E-state index in [4.69, 9.17) is 5.11 Å². The smallest absolute Gasteiger partial charge is 0.303 e. The maximum atomic E-state index is 10.5. The van der Waals surface area contributed by atoms with Crippen molar-refractivity contribution in [3.8, 4) is 0 Å². The molecule has 1 N–H and O–H groups in total. The quantitative estimate of drug-likeness (QED) is 0.489. The molecule has 0 aromatic carbocycles. The van der Waals surface area contributed by atoms with Crippen LogP contribution in [0.2, 0.25) is 0 Å². The van der Waals surface area contributed by atoms with Crippen LogP contribution in [-0.2, 0) is 14.4 Å². The maximum absolute atomic E-state index is 10.5. The van der Waals surface area contributed by atoms with Crippen LogP contribution in [-0.4, -0.2) is 23.6 Å². The Hall–Kier alpha value is -1.45. The van der Waals surface area contributed by atoms with Gasteiger partial charge in [0.1, 0.15) is 12.6 Å². The van der Waals surface area contributed by atoms with Gasteiger partial charge in [-0.1, -0.05) is 6.08 Å². The topological polar surface area (TPSA) is 71.4 Å². The van der Waals surface area contributed by atoms with E-state index in [0.29, 0.717) is 18.1 Å². The minimum absolute atomic E-state index is 0.0741. The Labute approximate surface area is 76.2 Å².